The largest absolute Gasteiger partial charge is 0.494 e. The summed E-state index contributed by atoms with van der Waals surface area (Å²) in [7, 11) is 0. The van der Waals surface area contributed by atoms with Crippen molar-refractivity contribution in [2.75, 3.05) is 6.61 Å². The normalized spacial score (nSPS) is 33.7. The Morgan fingerprint density at radius 1 is 1.17 bits per heavy atom. The second kappa shape index (κ2) is 6.82. The molecule has 0 unspecified atom stereocenters. The second-order valence-corrected chi connectivity index (χ2v) is 5.09. The van der Waals surface area contributed by atoms with Crippen LogP contribution in [-0.2, 0) is 0 Å². The van der Waals surface area contributed by atoms with Crippen LogP contribution in [0.15, 0.2) is 24.3 Å². The van der Waals surface area contributed by atoms with E-state index in [0.29, 0.717) is 12.5 Å². The first-order valence-corrected chi connectivity index (χ1v) is 7.22. The Morgan fingerprint density at radius 3 is 2.39 bits per heavy atom. The van der Waals surface area contributed by atoms with Gasteiger partial charge in [0.2, 0.25) is 0 Å². The summed E-state index contributed by atoms with van der Waals surface area (Å²) in [6.07, 6.45) is 3.74. The van der Waals surface area contributed by atoms with E-state index in [1.807, 2.05) is 19.1 Å². The Bertz CT molecular complexity index is 392. The Hall–Kier alpha value is -0.980. The van der Waals surface area contributed by atoms with Crippen molar-refractivity contribution in [3.05, 3.63) is 29.8 Å². The molecule has 0 N–H and O–H groups in total. The molecular formula is C17H26O. The highest BCUT2D eigenvalue weighted by molar-refractivity contribution is 5.29. The first-order valence-electron chi connectivity index (χ1n) is 8.38. The van der Waals surface area contributed by atoms with E-state index in [1.165, 1.54) is 5.56 Å². The molecule has 0 aliphatic heterocycles. The van der Waals surface area contributed by atoms with Crippen LogP contribution in [0.1, 0.15) is 66.5 Å². The molecule has 2 rings (SSSR count). The lowest BCUT2D eigenvalue weighted by molar-refractivity contribution is 0.308. The van der Waals surface area contributed by atoms with E-state index in [1.54, 1.807) is 0 Å². The summed E-state index contributed by atoms with van der Waals surface area (Å²) in [4.78, 5) is 0. The number of ether oxygens (including phenoxy) is 1. The van der Waals surface area contributed by atoms with Gasteiger partial charge in [0.25, 0.3) is 0 Å². The molecule has 1 heteroatoms. The van der Waals surface area contributed by atoms with Gasteiger partial charge >= 0.3 is 0 Å². The lowest BCUT2D eigenvalue weighted by Crippen LogP contribution is -2.13. The molecule has 0 aromatic heterocycles. The Balaban J connectivity index is 2.03. The smallest absolute Gasteiger partial charge is 0.119 e. The summed E-state index contributed by atoms with van der Waals surface area (Å²) in [5, 5.41) is 0. The highest BCUT2D eigenvalue weighted by Crippen LogP contribution is 2.37. The lowest BCUT2D eigenvalue weighted by Gasteiger charge is -2.28. The summed E-state index contributed by atoms with van der Waals surface area (Å²) in [5.41, 5.74) is 1.26. The van der Waals surface area contributed by atoms with Crippen molar-refractivity contribution in [1.29, 1.82) is 0 Å². The summed E-state index contributed by atoms with van der Waals surface area (Å²) in [6, 6.07) is 8.23. The van der Waals surface area contributed by atoms with E-state index in [9.17, 15) is 0 Å². The summed E-state index contributed by atoms with van der Waals surface area (Å²) in [5.74, 6) is 1.53. The topological polar surface area (TPSA) is 9.23 Å². The zero-order valence-corrected chi connectivity index (χ0v) is 11.6. The molecule has 1 aliphatic rings. The molecule has 0 saturated heterocycles. The predicted molar refractivity (Wildman–Crippen MR) is 77.2 cm³/mol. The fraction of sp³-hybridized carbons (Fsp3) is 0.647. The van der Waals surface area contributed by atoms with Gasteiger partial charge in [0.05, 0.1) is 6.61 Å². The van der Waals surface area contributed by atoms with Crippen LogP contribution in [0.3, 0.4) is 0 Å². The van der Waals surface area contributed by atoms with E-state index in [2.05, 4.69) is 19.1 Å². The Kier molecular flexibility index (Phi) is 4.13. The summed E-state index contributed by atoms with van der Waals surface area (Å²) < 4.78 is 22.1. The van der Waals surface area contributed by atoms with E-state index in [-0.39, 0.29) is 18.7 Å². The minimum absolute atomic E-state index is 0.0808. The van der Waals surface area contributed by atoms with Gasteiger partial charge in [-0.15, -0.1) is 0 Å². The molecule has 1 fully saturated rings. The maximum atomic E-state index is 8.31. The average Bonchev–Trinajstić information content (AvgIpc) is 2.44. The van der Waals surface area contributed by atoms with Crippen LogP contribution in [0.2, 0.25) is 0 Å². The van der Waals surface area contributed by atoms with Crippen LogP contribution in [0, 0.1) is 5.92 Å². The summed E-state index contributed by atoms with van der Waals surface area (Å²) in [6.45, 7) is 4.82. The first-order chi connectivity index (χ1) is 9.65. The molecular weight excluding hydrogens is 220 g/mol. The van der Waals surface area contributed by atoms with Crippen molar-refractivity contribution in [3.63, 3.8) is 0 Å². The Morgan fingerprint density at radius 2 is 1.83 bits per heavy atom. The molecule has 1 saturated carbocycles. The predicted octanol–water partition coefficient (Wildman–Crippen LogP) is 5.16. The van der Waals surface area contributed by atoms with Gasteiger partial charge in [0.1, 0.15) is 5.75 Å². The van der Waals surface area contributed by atoms with E-state index in [4.69, 9.17) is 7.48 Å². The SMILES string of the molecule is [2H][C@H]1CC(c2ccc(OCC)cc2)C[C@H]([2H])C1CCC. The van der Waals surface area contributed by atoms with Gasteiger partial charge in [-0.2, -0.15) is 0 Å². The van der Waals surface area contributed by atoms with Gasteiger partial charge < -0.3 is 4.74 Å². The molecule has 1 aliphatic carbocycles. The van der Waals surface area contributed by atoms with Crippen molar-refractivity contribution in [1.82, 2.24) is 0 Å². The molecule has 1 aromatic carbocycles. The third kappa shape index (κ3) is 3.51. The van der Waals surface area contributed by atoms with Crippen molar-refractivity contribution in [2.24, 2.45) is 5.92 Å². The van der Waals surface area contributed by atoms with Crippen LogP contribution in [0.5, 0.6) is 5.75 Å². The zero-order valence-electron chi connectivity index (χ0n) is 13.6. The van der Waals surface area contributed by atoms with Crippen molar-refractivity contribution in [2.45, 2.75) is 58.2 Å². The number of benzene rings is 1. The molecule has 100 valence electrons. The molecule has 1 nitrogen and oxygen atoms in total. The van der Waals surface area contributed by atoms with Gasteiger partial charge in [-0.25, -0.2) is 0 Å². The van der Waals surface area contributed by atoms with Gasteiger partial charge in [-0.1, -0.05) is 31.9 Å². The molecule has 1 aromatic rings. The molecule has 0 heterocycles. The van der Waals surface area contributed by atoms with Crippen molar-refractivity contribution < 1.29 is 7.48 Å². The number of rotatable bonds is 5. The molecule has 0 bridgehead atoms. The van der Waals surface area contributed by atoms with Crippen LogP contribution in [0.25, 0.3) is 0 Å². The maximum Gasteiger partial charge on any atom is 0.119 e. The highest BCUT2D eigenvalue weighted by atomic mass is 16.5. The fourth-order valence-electron chi connectivity index (χ4n) is 2.71. The van der Waals surface area contributed by atoms with E-state index < -0.39 is 0 Å². The molecule has 0 radical (unpaired) electrons. The third-order valence-corrected chi connectivity index (χ3v) is 3.73. The number of hydrogen-bond donors (Lipinski definition) is 0. The van der Waals surface area contributed by atoms with Crippen LogP contribution in [0.4, 0.5) is 0 Å². The standard InChI is InChI=1S/C17H26O/c1-3-5-14-6-8-15(9-7-14)16-10-12-17(13-11-16)18-4-2/h10-15H,3-9H2,1-2H3/i6D,7D/t6-,7-,14?,15?/m0/s1. The quantitative estimate of drug-likeness (QED) is 0.699. The van der Waals surface area contributed by atoms with E-state index >= 15 is 0 Å². The lowest BCUT2D eigenvalue weighted by atomic mass is 9.77. The minimum atomic E-state index is -0.0808. The zero-order chi connectivity index (χ0) is 14.5. The van der Waals surface area contributed by atoms with E-state index in [0.717, 1.165) is 31.4 Å². The van der Waals surface area contributed by atoms with Gasteiger partial charge in [0.15, 0.2) is 0 Å². The molecule has 0 spiro atoms. The molecule has 2 atom stereocenters. The van der Waals surface area contributed by atoms with Crippen LogP contribution >= 0.6 is 0 Å². The van der Waals surface area contributed by atoms with Crippen molar-refractivity contribution >= 4 is 0 Å². The second-order valence-electron chi connectivity index (χ2n) is 5.09. The fourth-order valence-corrected chi connectivity index (χ4v) is 2.71. The Labute approximate surface area is 114 Å². The third-order valence-electron chi connectivity index (χ3n) is 3.73. The monoisotopic (exact) mass is 248 g/mol. The molecule has 18 heavy (non-hydrogen) atoms. The van der Waals surface area contributed by atoms with Crippen LogP contribution in [-0.4, -0.2) is 6.61 Å². The highest BCUT2D eigenvalue weighted by Gasteiger charge is 2.21. The van der Waals surface area contributed by atoms with Crippen molar-refractivity contribution in [3.8, 4) is 5.75 Å². The van der Waals surface area contributed by atoms with Gasteiger partial charge in [-0.3, -0.25) is 0 Å². The van der Waals surface area contributed by atoms with Gasteiger partial charge in [-0.05, 0) is 62.1 Å². The number of hydrogen-bond acceptors (Lipinski definition) is 1. The average molecular weight is 248 g/mol. The molecule has 0 amide bonds. The van der Waals surface area contributed by atoms with Gasteiger partial charge in [0, 0.05) is 2.74 Å². The minimum Gasteiger partial charge on any atom is -0.494 e. The maximum absolute atomic E-state index is 8.31. The summed E-state index contributed by atoms with van der Waals surface area (Å²) >= 11 is 0. The first kappa shape index (κ1) is 10.9. The van der Waals surface area contributed by atoms with Crippen LogP contribution < -0.4 is 4.74 Å².